The Kier molecular flexibility index (Phi) is 4.13. The van der Waals surface area contributed by atoms with Gasteiger partial charge in [0.05, 0.1) is 4.92 Å². The van der Waals surface area contributed by atoms with Crippen molar-refractivity contribution in [2.45, 2.75) is 6.54 Å². The molecule has 0 aliphatic carbocycles. The molecule has 0 fully saturated rings. The van der Waals surface area contributed by atoms with Crippen LogP contribution in [-0.4, -0.2) is 14.9 Å². The lowest BCUT2D eigenvalue weighted by Gasteiger charge is -2.06. The van der Waals surface area contributed by atoms with E-state index in [1.54, 1.807) is 18.3 Å². The van der Waals surface area contributed by atoms with Crippen LogP contribution in [0.3, 0.4) is 0 Å². The van der Waals surface area contributed by atoms with Crippen molar-refractivity contribution < 1.29 is 4.92 Å². The van der Waals surface area contributed by atoms with Gasteiger partial charge in [-0.2, -0.15) is 0 Å². The summed E-state index contributed by atoms with van der Waals surface area (Å²) in [4.78, 5) is 18.1. The van der Waals surface area contributed by atoms with Crippen molar-refractivity contribution in [3.05, 3.63) is 56.4 Å². The van der Waals surface area contributed by atoms with E-state index in [0.29, 0.717) is 11.7 Å². The SMILES string of the molecule is O=[N+]([O-])c1ccc(Cl)nc1NCc1ccc(Cl)nc1. The summed E-state index contributed by atoms with van der Waals surface area (Å²) in [7, 11) is 0. The van der Waals surface area contributed by atoms with Crippen LogP contribution in [0.1, 0.15) is 5.56 Å². The maximum Gasteiger partial charge on any atom is 0.311 e. The molecule has 0 saturated heterocycles. The predicted octanol–water partition coefficient (Wildman–Crippen LogP) is 3.30. The normalized spacial score (nSPS) is 10.2. The van der Waals surface area contributed by atoms with Crippen LogP contribution in [0.2, 0.25) is 10.3 Å². The fourth-order valence-electron chi connectivity index (χ4n) is 1.40. The Morgan fingerprint density at radius 3 is 2.58 bits per heavy atom. The number of pyridine rings is 2. The molecule has 0 aliphatic rings. The molecule has 2 heterocycles. The van der Waals surface area contributed by atoms with Crippen LogP contribution in [0.15, 0.2) is 30.5 Å². The van der Waals surface area contributed by atoms with Gasteiger partial charge in [-0.1, -0.05) is 29.3 Å². The van der Waals surface area contributed by atoms with Gasteiger partial charge in [0.1, 0.15) is 10.3 Å². The largest absolute Gasteiger partial charge is 0.360 e. The smallest absolute Gasteiger partial charge is 0.311 e. The van der Waals surface area contributed by atoms with Crippen molar-refractivity contribution in [2.75, 3.05) is 5.32 Å². The van der Waals surface area contributed by atoms with Crippen LogP contribution < -0.4 is 5.32 Å². The summed E-state index contributed by atoms with van der Waals surface area (Å²) >= 11 is 11.4. The summed E-state index contributed by atoms with van der Waals surface area (Å²) in [6.45, 7) is 0.332. The number of nitrogens with one attached hydrogen (secondary N) is 1. The van der Waals surface area contributed by atoms with E-state index in [1.165, 1.54) is 12.1 Å². The van der Waals surface area contributed by atoms with Crippen LogP contribution in [0.5, 0.6) is 0 Å². The number of rotatable bonds is 4. The first-order valence-corrected chi connectivity index (χ1v) is 5.97. The monoisotopic (exact) mass is 298 g/mol. The molecule has 1 N–H and O–H groups in total. The molecule has 0 unspecified atom stereocenters. The maximum absolute atomic E-state index is 10.8. The van der Waals surface area contributed by atoms with E-state index in [1.807, 2.05) is 0 Å². The molecule has 8 heteroatoms. The van der Waals surface area contributed by atoms with Gasteiger partial charge in [-0.05, 0) is 17.7 Å². The van der Waals surface area contributed by atoms with Gasteiger partial charge >= 0.3 is 5.69 Å². The van der Waals surface area contributed by atoms with Gasteiger partial charge in [0.2, 0.25) is 5.82 Å². The number of halogens is 2. The van der Waals surface area contributed by atoms with Crippen molar-refractivity contribution in [1.29, 1.82) is 0 Å². The lowest BCUT2D eigenvalue weighted by atomic mass is 10.3. The van der Waals surface area contributed by atoms with E-state index in [9.17, 15) is 10.1 Å². The summed E-state index contributed by atoms with van der Waals surface area (Å²) in [6, 6.07) is 6.07. The molecule has 19 heavy (non-hydrogen) atoms. The van der Waals surface area contributed by atoms with E-state index in [0.717, 1.165) is 5.56 Å². The van der Waals surface area contributed by atoms with Gasteiger partial charge in [0, 0.05) is 18.8 Å². The molecule has 98 valence electrons. The van der Waals surface area contributed by atoms with Crippen LogP contribution in [0.4, 0.5) is 11.5 Å². The van der Waals surface area contributed by atoms with Gasteiger partial charge in [0.15, 0.2) is 0 Å². The van der Waals surface area contributed by atoms with Crippen molar-refractivity contribution in [2.24, 2.45) is 0 Å². The summed E-state index contributed by atoms with van der Waals surface area (Å²) in [6.07, 6.45) is 1.58. The lowest BCUT2D eigenvalue weighted by Crippen LogP contribution is -2.05. The highest BCUT2D eigenvalue weighted by Crippen LogP contribution is 2.24. The van der Waals surface area contributed by atoms with Gasteiger partial charge < -0.3 is 5.32 Å². The number of nitro groups is 1. The highest BCUT2D eigenvalue weighted by molar-refractivity contribution is 6.29. The second-order valence-corrected chi connectivity index (χ2v) is 4.38. The topological polar surface area (TPSA) is 81.0 Å². The van der Waals surface area contributed by atoms with E-state index in [-0.39, 0.29) is 16.7 Å². The third-order valence-electron chi connectivity index (χ3n) is 2.29. The fourth-order valence-corrected chi connectivity index (χ4v) is 1.66. The zero-order valence-corrected chi connectivity index (χ0v) is 11.0. The second-order valence-electron chi connectivity index (χ2n) is 3.60. The van der Waals surface area contributed by atoms with Crippen molar-refractivity contribution in [3.63, 3.8) is 0 Å². The van der Waals surface area contributed by atoms with Crippen molar-refractivity contribution >= 4 is 34.7 Å². The van der Waals surface area contributed by atoms with E-state index < -0.39 is 4.92 Å². The van der Waals surface area contributed by atoms with Gasteiger partial charge in [-0.15, -0.1) is 0 Å². The van der Waals surface area contributed by atoms with Gasteiger partial charge in [-0.25, -0.2) is 9.97 Å². The van der Waals surface area contributed by atoms with E-state index in [4.69, 9.17) is 23.2 Å². The average Bonchev–Trinajstić information content (AvgIpc) is 2.38. The van der Waals surface area contributed by atoms with Gasteiger partial charge in [0.25, 0.3) is 0 Å². The average molecular weight is 299 g/mol. The number of anilines is 1. The van der Waals surface area contributed by atoms with Crippen LogP contribution in [-0.2, 0) is 6.54 Å². The zero-order valence-electron chi connectivity index (χ0n) is 9.51. The molecule has 0 bridgehead atoms. The van der Waals surface area contributed by atoms with Crippen LogP contribution in [0.25, 0.3) is 0 Å². The number of aromatic nitrogens is 2. The Balaban J connectivity index is 2.16. The molecule has 0 atom stereocenters. The Labute approximate surface area is 118 Å². The summed E-state index contributed by atoms with van der Waals surface area (Å²) in [5.74, 6) is 0.118. The highest BCUT2D eigenvalue weighted by Gasteiger charge is 2.15. The number of nitrogens with zero attached hydrogens (tertiary/aromatic N) is 3. The number of hydrogen-bond acceptors (Lipinski definition) is 5. The predicted molar refractivity (Wildman–Crippen MR) is 72.5 cm³/mol. The Hall–Kier alpha value is -1.92. The lowest BCUT2D eigenvalue weighted by molar-refractivity contribution is -0.384. The number of hydrogen-bond donors (Lipinski definition) is 1. The summed E-state index contributed by atoms with van der Waals surface area (Å²) < 4.78 is 0. The van der Waals surface area contributed by atoms with Crippen LogP contribution >= 0.6 is 23.2 Å². The van der Waals surface area contributed by atoms with Crippen molar-refractivity contribution in [1.82, 2.24) is 9.97 Å². The summed E-state index contributed by atoms with van der Waals surface area (Å²) in [5, 5.41) is 14.3. The Morgan fingerprint density at radius 1 is 1.21 bits per heavy atom. The molecule has 0 spiro atoms. The third-order valence-corrected chi connectivity index (χ3v) is 2.72. The standard InChI is InChI=1S/C11H8Cl2N4O2/c12-9-3-1-7(5-14-9)6-15-11-8(17(18)19)2-4-10(13)16-11/h1-5H,6H2,(H,15,16). The second kappa shape index (κ2) is 5.81. The minimum atomic E-state index is -0.522. The molecule has 0 aliphatic heterocycles. The molecule has 0 radical (unpaired) electrons. The van der Waals surface area contributed by atoms with Crippen molar-refractivity contribution in [3.8, 4) is 0 Å². The molecular formula is C11H8Cl2N4O2. The first-order valence-electron chi connectivity index (χ1n) is 5.21. The fraction of sp³-hybridized carbons (Fsp3) is 0.0909. The molecule has 2 aromatic rings. The molecule has 0 amide bonds. The zero-order chi connectivity index (χ0) is 13.8. The third kappa shape index (κ3) is 3.52. The van der Waals surface area contributed by atoms with Crippen LogP contribution in [0, 0.1) is 10.1 Å². The van der Waals surface area contributed by atoms with Gasteiger partial charge in [-0.3, -0.25) is 10.1 Å². The summed E-state index contributed by atoms with van der Waals surface area (Å²) in [5.41, 5.74) is 0.687. The minimum absolute atomic E-state index is 0.118. The maximum atomic E-state index is 10.8. The molecule has 2 aromatic heterocycles. The minimum Gasteiger partial charge on any atom is -0.360 e. The molecule has 2 rings (SSSR count). The molecule has 0 saturated carbocycles. The molecule has 6 nitrogen and oxygen atoms in total. The van der Waals surface area contributed by atoms with E-state index >= 15 is 0 Å². The first kappa shape index (κ1) is 13.5. The Morgan fingerprint density at radius 2 is 1.95 bits per heavy atom. The molecular weight excluding hydrogens is 291 g/mol. The molecule has 0 aromatic carbocycles. The van der Waals surface area contributed by atoms with E-state index in [2.05, 4.69) is 15.3 Å². The highest BCUT2D eigenvalue weighted by atomic mass is 35.5. The Bertz CT molecular complexity index is 604. The first-order chi connectivity index (χ1) is 9.06. The quantitative estimate of drug-likeness (QED) is 0.532.